The van der Waals surface area contributed by atoms with Crippen molar-refractivity contribution >= 4 is 11.9 Å². The van der Waals surface area contributed by atoms with E-state index in [0.717, 1.165) is 0 Å². The number of carbonyl (C=O) groups is 2. The Balaban J connectivity index is 2.63. The van der Waals surface area contributed by atoms with Crippen molar-refractivity contribution in [3.8, 4) is 0 Å². The zero-order valence-electron chi connectivity index (χ0n) is 16.0. The van der Waals surface area contributed by atoms with Gasteiger partial charge in [-0.3, -0.25) is 9.59 Å². The molecule has 12 N–H and O–H groups in total. The number of nitrogens with one attached hydrogen (secondary N) is 5. The quantitative estimate of drug-likeness (QED) is 0.208. The van der Waals surface area contributed by atoms with Gasteiger partial charge in [-0.15, -0.1) is 0 Å². The van der Waals surface area contributed by atoms with Gasteiger partial charge in [-0.25, -0.2) is 0 Å². The Morgan fingerprint density at radius 1 is 0.926 bits per heavy atom. The van der Waals surface area contributed by atoms with Gasteiger partial charge in [0.05, 0.1) is 11.1 Å². The molecule has 27 heavy (non-hydrogen) atoms. The van der Waals surface area contributed by atoms with E-state index in [1.54, 1.807) is 0 Å². The molecule has 1 aliphatic rings. The van der Waals surface area contributed by atoms with Crippen LogP contribution in [-0.2, 0) is 9.59 Å². The fourth-order valence-corrected chi connectivity index (χ4v) is 2.85. The maximum Gasteiger partial charge on any atom is 0.303 e. The molecule has 1 aliphatic heterocycles. The van der Waals surface area contributed by atoms with Crippen LogP contribution in [0.2, 0.25) is 0 Å². The van der Waals surface area contributed by atoms with Gasteiger partial charge in [0.2, 0.25) is 5.91 Å². The lowest BCUT2D eigenvalue weighted by molar-refractivity contribution is -0.137. The summed E-state index contributed by atoms with van der Waals surface area (Å²) in [6.07, 6.45) is 0.420. The van der Waals surface area contributed by atoms with Crippen molar-refractivity contribution in [1.82, 2.24) is 26.6 Å². The highest BCUT2D eigenvalue weighted by Crippen LogP contribution is 2.04. The van der Waals surface area contributed by atoms with Gasteiger partial charge >= 0.3 is 5.97 Å². The summed E-state index contributed by atoms with van der Waals surface area (Å²) >= 11 is 0. The topological polar surface area (TPSA) is 193 Å². The molecule has 11 heteroatoms. The molecule has 0 spiro atoms. The highest BCUT2D eigenvalue weighted by Gasteiger charge is 2.30. The second-order valence-electron chi connectivity index (χ2n) is 7.23. The number of carboxylic acids is 1. The molecule has 1 amide bonds. The van der Waals surface area contributed by atoms with Gasteiger partial charge in [0.1, 0.15) is 0 Å². The van der Waals surface area contributed by atoms with Crippen molar-refractivity contribution in [3.05, 3.63) is 0 Å². The summed E-state index contributed by atoms with van der Waals surface area (Å²) in [5.74, 6) is -1.11. The fourth-order valence-electron chi connectivity index (χ4n) is 2.85. The first-order valence-electron chi connectivity index (χ1n) is 9.39. The molecule has 0 aliphatic carbocycles. The average Bonchev–Trinajstić information content (AvgIpc) is 2.64. The molecular weight excluding hydrogens is 352 g/mol. The van der Waals surface area contributed by atoms with E-state index in [4.69, 9.17) is 22.3 Å². The zero-order chi connectivity index (χ0) is 20.2. The minimum absolute atomic E-state index is 0.0306. The second kappa shape index (κ2) is 12.2. The largest absolute Gasteiger partial charge is 0.481 e. The first-order chi connectivity index (χ1) is 12.8. The third-order valence-electron chi connectivity index (χ3n) is 4.61. The van der Waals surface area contributed by atoms with Crippen LogP contribution in [0.4, 0.5) is 0 Å². The lowest BCUT2D eigenvalue weighted by Gasteiger charge is -2.34. The summed E-state index contributed by atoms with van der Waals surface area (Å²) in [6, 6.07) is 0. The molecule has 2 atom stereocenters. The third-order valence-corrected chi connectivity index (χ3v) is 4.61. The molecule has 0 bridgehead atoms. The zero-order valence-corrected chi connectivity index (χ0v) is 16.0. The monoisotopic (exact) mass is 388 g/mol. The lowest BCUT2D eigenvalue weighted by atomic mass is 9.98. The maximum atomic E-state index is 12.2. The number of hydrogen-bond acceptors (Lipinski definition) is 9. The fraction of sp³-hybridized carbons (Fsp3) is 0.875. The van der Waals surface area contributed by atoms with Crippen molar-refractivity contribution in [1.29, 1.82) is 0 Å². The predicted molar refractivity (Wildman–Crippen MR) is 104 cm³/mol. The van der Waals surface area contributed by atoms with Crippen molar-refractivity contribution in [2.45, 2.75) is 30.3 Å². The number of carbonyl (C=O) groups excluding carboxylic acids is 1. The van der Waals surface area contributed by atoms with Gasteiger partial charge in [-0.05, 0) is 6.42 Å². The first-order valence-corrected chi connectivity index (χ1v) is 9.39. The van der Waals surface area contributed by atoms with Crippen LogP contribution >= 0.6 is 0 Å². The van der Waals surface area contributed by atoms with E-state index in [0.29, 0.717) is 58.9 Å². The Morgan fingerprint density at radius 2 is 1.52 bits per heavy atom. The number of nitrogens with two attached hydrogens (primary N) is 3. The second-order valence-corrected chi connectivity index (χ2v) is 7.23. The van der Waals surface area contributed by atoms with Crippen LogP contribution in [0.3, 0.4) is 0 Å². The molecule has 0 aromatic carbocycles. The smallest absolute Gasteiger partial charge is 0.303 e. The first kappa shape index (κ1) is 23.7. The Bertz CT molecular complexity index is 467. The van der Waals surface area contributed by atoms with Gasteiger partial charge in [-0.2, -0.15) is 0 Å². The SMILES string of the molecule is NC[C@]1(N)CNCCNC[C@](CN)(NC(=O)CCCC(=O)O)CNCNC1. The van der Waals surface area contributed by atoms with E-state index in [-0.39, 0.29) is 25.3 Å². The summed E-state index contributed by atoms with van der Waals surface area (Å²) in [5, 5.41) is 24.7. The number of amides is 1. The van der Waals surface area contributed by atoms with Gasteiger partial charge in [0, 0.05) is 71.9 Å². The summed E-state index contributed by atoms with van der Waals surface area (Å²) < 4.78 is 0. The van der Waals surface area contributed by atoms with Gasteiger partial charge in [0.15, 0.2) is 0 Å². The molecular formula is C16H36N8O3. The van der Waals surface area contributed by atoms with Gasteiger partial charge < -0.3 is 48.9 Å². The standard InChI is InChI=1S/C16H36N8O3/c17-6-15(19)8-20-4-5-21-10-16(7-18,11-23-12-22-9-15)24-13(25)2-1-3-14(26)27/h20-23H,1-12,17-19H2,(H,24,25)(H,26,27)/t15-,16-/m0/s1. The molecule has 0 saturated carbocycles. The van der Waals surface area contributed by atoms with E-state index < -0.39 is 17.0 Å². The van der Waals surface area contributed by atoms with Crippen LogP contribution in [0.25, 0.3) is 0 Å². The number of hydrogen-bond donors (Lipinski definition) is 9. The Kier molecular flexibility index (Phi) is 10.7. The van der Waals surface area contributed by atoms with Crippen molar-refractivity contribution in [2.75, 3.05) is 59.0 Å². The van der Waals surface area contributed by atoms with Gasteiger partial charge in [-0.1, -0.05) is 0 Å². The van der Waals surface area contributed by atoms with Crippen LogP contribution in [0, 0.1) is 0 Å². The van der Waals surface area contributed by atoms with E-state index in [2.05, 4.69) is 26.6 Å². The summed E-state index contributed by atoms with van der Waals surface area (Å²) in [6.45, 7) is 4.60. The number of carboxylic acid groups (broad SMARTS) is 1. The predicted octanol–water partition coefficient (Wildman–Crippen LogP) is -3.96. The molecule has 1 saturated heterocycles. The minimum Gasteiger partial charge on any atom is -0.481 e. The highest BCUT2D eigenvalue weighted by molar-refractivity contribution is 5.77. The van der Waals surface area contributed by atoms with Crippen molar-refractivity contribution in [3.63, 3.8) is 0 Å². The van der Waals surface area contributed by atoms with E-state index >= 15 is 0 Å². The summed E-state index contributed by atoms with van der Waals surface area (Å²) in [7, 11) is 0. The Morgan fingerprint density at radius 3 is 2.15 bits per heavy atom. The summed E-state index contributed by atoms with van der Waals surface area (Å²) in [5.41, 5.74) is 16.8. The Labute approximate surface area is 160 Å². The van der Waals surface area contributed by atoms with Crippen molar-refractivity contribution in [2.24, 2.45) is 17.2 Å². The molecule has 0 aromatic rings. The van der Waals surface area contributed by atoms with E-state index in [9.17, 15) is 9.59 Å². The molecule has 1 rings (SSSR count). The van der Waals surface area contributed by atoms with Crippen LogP contribution in [-0.4, -0.2) is 87.1 Å². The molecule has 158 valence electrons. The average molecular weight is 389 g/mol. The molecule has 11 nitrogen and oxygen atoms in total. The number of aliphatic carboxylic acids is 1. The molecule has 1 heterocycles. The van der Waals surface area contributed by atoms with Crippen LogP contribution in [0.1, 0.15) is 19.3 Å². The third kappa shape index (κ3) is 9.42. The Hall–Kier alpha value is -1.34. The van der Waals surface area contributed by atoms with Gasteiger partial charge in [0.25, 0.3) is 0 Å². The highest BCUT2D eigenvalue weighted by atomic mass is 16.4. The van der Waals surface area contributed by atoms with Crippen molar-refractivity contribution < 1.29 is 14.7 Å². The molecule has 1 fully saturated rings. The van der Waals surface area contributed by atoms with E-state index in [1.165, 1.54) is 0 Å². The van der Waals surface area contributed by atoms with E-state index in [1.807, 2.05) is 0 Å². The summed E-state index contributed by atoms with van der Waals surface area (Å²) in [4.78, 5) is 22.8. The minimum atomic E-state index is -0.909. The van der Waals surface area contributed by atoms with Crippen LogP contribution in [0.15, 0.2) is 0 Å². The normalized spacial score (nSPS) is 28.4. The van der Waals surface area contributed by atoms with Crippen LogP contribution < -0.4 is 43.8 Å². The molecule has 0 aromatic heterocycles. The maximum absolute atomic E-state index is 12.2. The molecule has 0 radical (unpaired) electrons. The number of rotatable bonds is 7. The van der Waals surface area contributed by atoms with Crippen LogP contribution in [0.5, 0.6) is 0 Å². The molecule has 0 unspecified atom stereocenters. The lowest BCUT2D eigenvalue weighted by Crippen LogP contribution is -2.65.